The molecule has 1 heterocycles. The van der Waals surface area contributed by atoms with E-state index in [1.165, 1.54) is 13.2 Å². The van der Waals surface area contributed by atoms with Crippen LogP contribution in [0.5, 0.6) is 5.75 Å². The first-order valence-electron chi connectivity index (χ1n) is 6.20. The van der Waals surface area contributed by atoms with Gasteiger partial charge in [0.25, 0.3) is 0 Å². The quantitative estimate of drug-likeness (QED) is 0.825. The van der Waals surface area contributed by atoms with Crippen molar-refractivity contribution in [3.8, 4) is 11.8 Å². The predicted molar refractivity (Wildman–Crippen MR) is 66.6 cm³/mol. The van der Waals surface area contributed by atoms with E-state index < -0.39 is 0 Å². The lowest BCUT2D eigenvalue weighted by Crippen LogP contribution is -2.37. The molecule has 0 amide bonds. The number of rotatable bonds is 3. The van der Waals surface area contributed by atoms with Crippen molar-refractivity contribution in [3.05, 3.63) is 29.6 Å². The molecule has 0 spiro atoms. The van der Waals surface area contributed by atoms with Gasteiger partial charge in [-0.25, -0.2) is 4.39 Å². The zero-order valence-corrected chi connectivity index (χ0v) is 10.5. The Labute approximate surface area is 107 Å². The van der Waals surface area contributed by atoms with Crippen LogP contribution >= 0.6 is 0 Å². The van der Waals surface area contributed by atoms with Gasteiger partial charge in [0, 0.05) is 6.54 Å². The number of hydrogen-bond donors (Lipinski definition) is 0. The zero-order valence-electron chi connectivity index (χ0n) is 10.5. The van der Waals surface area contributed by atoms with Crippen LogP contribution in [0.3, 0.4) is 0 Å². The van der Waals surface area contributed by atoms with Gasteiger partial charge in [-0.2, -0.15) is 5.26 Å². The minimum Gasteiger partial charge on any atom is -0.494 e. The Morgan fingerprint density at radius 2 is 2.33 bits per heavy atom. The minimum atomic E-state index is -0.347. The van der Waals surface area contributed by atoms with Crippen molar-refractivity contribution < 1.29 is 9.13 Å². The van der Waals surface area contributed by atoms with E-state index in [4.69, 9.17) is 10.00 Å². The molecular weight excluding hydrogens is 231 g/mol. The number of nitriles is 1. The molecule has 2 rings (SSSR count). The van der Waals surface area contributed by atoms with Crippen LogP contribution in [0.4, 0.5) is 4.39 Å². The number of hydrogen-bond acceptors (Lipinski definition) is 3. The van der Waals surface area contributed by atoms with E-state index in [0.717, 1.165) is 31.4 Å². The second kappa shape index (κ2) is 5.83. The molecule has 4 heteroatoms. The van der Waals surface area contributed by atoms with E-state index in [9.17, 15) is 4.39 Å². The van der Waals surface area contributed by atoms with Crippen molar-refractivity contribution in [2.75, 3.05) is 13.7 Å². The Bertz CT molecular complexity index is 456. The van der Waals surface area contributed by atoms with E-state index in [1.807, 2.05) is 6.07 Å². The third-order valence-electron chi connectivity index (χ3n) is 3.36. The van der Waals surface area contributed by atoms with Crippen molar-refractivity contribution in [3.63, 3.8) is 0 Å². The largest absolute Gasteiger partial charge is 0.494 e. The SMILES string of the molecule is COc1ccc(CN2CCCCC2C#N)cc1F. The molecule has 0 bridgehead atoms. The van der Waals surface area contributed by atoms with Crippen LogP contribution in [0, 0.1) is 17.1 Å². The summed E-state index contributed by atoms with van der Waals surface area (Å²) >= 11 is 0. The molecule has 3 nitrogen and oxygen atoms in total. The van der Waals surface area contributed by atoms with Crippen LogP contribution in [0.25, 0.3) is 0 Å². The molecular formula is C14H17FN2O. The van der Waals surface area contributed by atoms with Crippen LogP contribution in [-0.2, 0) is 6.54 Å². The summed E-state index contributed by atoms with van der Waals surface area (Å²) in [5, 5.41) is 9.09. The lowest BCUT2D eigenvalue weighted by molar-refractivity contribution is 0.176. The highest BCUT2D eigenvalue weighted by molar-refractivity contribution is 5.29. The lowest BCUT2D eigenvalue weighted by atomic mass is 10.0. The molecule has 18 heavy (non-hydrogen) atoms. The number of benzene rings is 1. The van der Waals surface area contributed by atoms with Crippen LogP contribution < -0.4 is 4.74 Å². The predicted octanol–water partition coefficient (Wildman–Crippen LogP) is 2.71. The fraction of sp³-hybridized carbons (Fsp3) is 0.500. The molecule has 1 unspecified atom stereocenters. The van der Waals surface area contributed by atoms with Crippen molar-refractivity contribution in [2.24, 2.45) is 0 Å². The summed E-state index contributed by atoms with van der Waals surface area (Å²) in [7, 11) is 1.45. The van der Waals surface area contributed by atoms with Gasteiger partial charge in [-0.15, -0.1) is 0 Å². The molecule has 1 aliphatic rings. The molecule has 1 saturated heterocycles. The summed E-state index contributed by atoms with van der Waals surface area (Å²) in [6.45, 7) is 1.53. The molecule has 1 atom stereocenters. The molecule has 1 aliphatic heterocycles. The molecule has 1 aromatic rings. The summed E-state index contributed by atoms with van der Waals surface area (Å²) < 4.78 is 18.5. The Kier molecular flexibility index (Phi) is 4.16. The van der Waals surface area contributed by atoms with Gasteiger partial charge in [0.2, 0.25) is 0 Å². The average Bonchev–Trinajstić information content (AvgIpc) is 2.39. The standard InChI is InChI=1S/C14H17FN2O/c1-18-14-6-5-11(8-13(14)15)10-17-7-3-2-4-12(17)9-16/h5-6,8,12H,2-4,7,10H2,1H3. The number of halogens is 1. The van der Waals surface area contributed by atoms with Gasteiger partial charge in [-0.1, -0.05) is 6.07 Å². The van der Waals surface area contributed by atoms with Gasteiger partial charge in [-0.3, -0.25) is 4.90 Å². The summed E-state index contributed by atoms with van der Waals surface area (Å²) in [4.78, 5) is 2.12. The minimum absolute atomic E-state index is 0.0380. The fourth-order valence-electron chi connectivity index (χ4n) is 2.37. The number of likely N-dealkylation sites (tertiary alicyclic amines) is 1. The van der Waals surface area contributed by atoms with Crippen LogP contribution in [-0.4, -0.2) is 24.6 Å². The molecule has 0 aromatic heterocycles. The second-order valence-corrected chi connectivity index (χ2v) is 4.58. The van der Waals surface area contributed by atoms with Gasteiger partial charge in [0.05, 0.1) is 19.2 Å². The highest BCUT2D eigenvalue weighted by Gasteiger charge is 2.22. The molecule has 1 fully saturated rings. The van der Waals surface area contributed by atoms with E-state index in [2.05, 4.69) is 11.0 Å². The van der Waals surface area contributed by atoms with Crippen LogP contribution in [0.2, 0.25) is 0 Å². The van der Waals surface area contributed by atoms with Crippen LogP contribution in [0.1, 0.15) is 24.8 Å². The van der Waals surface area contributed by atoms with Crippen molar-refractivity contribution >= 4 is 0 Å². The van der Waals surface area contributed by atoms with Crippen molar-refractivity contribution in [2.45, 2.75) is 31.8 Å². The first-order chi connectivity index (χ1) is 8.74. The van der Waals surface area contributed by atoms with Gasteiger partial charge in [0.15, 0.2) is 11.6 Å². The summed E-state index contributed by atoms with van der Waals surface area (Å²) in [5.74, 6) is -0.0882. The highest BCUT2D eigenvalue weighted by Crippen LogP contribution is 2.22. The number of nitrogens with zero attached hydrogens (tertiary/aromatic N) is 2. The number of methoxy groups -OCH3 is 1. The summed E-state index contributed by atoms with van der Waals surface area (Å²) in [5.41, 5.74) is 0.885. The fourth-order valence-corrected chi connectivity index (χ4v) is 2.37. The highest BCUT2D eigenvalue weighted by atomic mass is 19.1. The molecule has 0 aliphatic carbocycles. The van der Waals surface area contributed by atoms with Gasteiger partial charge in [0.1, 0.15) is 0 Å². The second-order valence-electron chi connectivity index (χ2n) is 4.58. The smallest absolute Gasteiger partial charge is 0.165 e. The average molecular weight is 248 g/mol. The normalized spacial score (nSPS) is 20.4. The topological polar surface area (TPSA) is 36.3 Å². The number of piperidine rings is 1. The van der Waals surface area contributed by atoms with Gasteiger partial charge in [-0.05, 0) is 43.5 Å². The van der Waals surface area contributed by atoms with Gasteiger partial charge >= 0.3 is 0 Å². The van der Waals surface area contributed by atoms with E-state index in [-0.39, 0.29) is 17.6 Å². The maximum atomic E-state index is 13.6. The summed E-state index contributed by atoms with van der Waals surface area (Å²) in [6.07, 6.45) is 3.12. The Balaban J connectivity index is 2.08. The molecule has 1 aromatic carbocycles. The van der Waals surface area contributed by atoms with E-state index in [1.54, 1.807) is 6.07 Å². The Morgan fingerprint density at radius 1 is 1.50 bits per heavy atom. The lowest BCUT2D eigenvalue weighted by Gasteiger charge is -2.31. The Morgan fingerprint density at radius 3 is 3.00 bits per heavy atom. The van der Waals surface area contributed by atoms with E-state index >= 15 is 0 Å². The van der Waals surface area contributed by atoms with Gasteiger partial charge < -0.3 is 4.74 Å². The van der Waals surface area contributed by atoms with Crippen molar-refractivity contribution in [1.29, 1.82) is 5.26 Å². The molecule has 0 saturated carbocycles. The Hall–Kier alpha value is -1.60. The first-order valence-corrected chi connectivity index (χ1v) is 6.20. The number of ether oxygens (including phenoxy) is 1. The molecule has 0 N–H and O–H groups in total. The molecule has 96 valence electrons. The van der Waals surface area contributed by atoms with Crippen LogP contribution in [0.15, 0.2) is 18.2 Å². The van der Waals surface area contributed by atoms with E-state index in [0.29, 0.717) is 6.54 Å². The third kappa shape index (κ3) is 2.80. The maximum Gasteiger partial charge on any atom is 0.165 e. The molecule has 0 radical (unpaired) electrons. The third-order valence-corrected chi connectivity index (χ3v) is 3.36. The zero-order chi connectivity index (χ0) is 13.0. The monoisotopic (exact) mass is 248 g/mol. The first kappa shape index (κ1) is 12.8. The summed E-state index contributed by atoms with van der Waals surface area (Å²) in [6, 6.07) is 7.26. The van der Waals surface area contributed by atoms with Crippen molar-refractivity contribution in [1.82, 2.24) is 4.90 Å². The maximum absolute atomic E-state index is 13.6.